The normalized spacial score (nSPS) is 31.6. The molecule has 9 nitrogen and oxygen atoms in total. The van der Waals surface area contributed by atoms with E-state index in [0.29, 0.717) is 23.5 Å². The maximum Gasteiger partial charge on any atom is 0.167 e. The number of fused-ring (bicyclic) bond motifs is 2. The molecule has 130 valence electrons. The predicted molar refractivity (Wildman–Crippen MR) is 86.0 cm³/mol. The Labute approximate surface area is 139 Å². The van der Waals surface area contributed by atoms with Crippen LogP contribution in [-0.2, 0) is 14.2 Å². The maximum absolute atomic E-state index is 6.23. The van der Waals surface area contributed by atoms with Crippen LogP contribution in [0.5, 0.6) is 0 Å². The van der Waals surface area contributed by atoms with E-state index in [-0.39, 0.29) is 24.5 Å². The smallest absolute Gasteiger partial charge is 0.167 e. The van der Waals surface area contributed by atoms with E-state index in [1.807, 2.05) is 18.4 Å². The molecule has 0 aromatic carbocycles. The van der Waals surface area contributed by atoms with Crippen molar-refractivity contribution in [1.29, 1.82) is 0 Å². The number of anilines is 1. The van der Waals surface area contributed by atoms with Gasteiger partial charge in [0.2, 0.25) is 0 Å². The molecule has 0 spiro atoms. The summed E-state index contributed by atoms with van der Waals surface area (Å²) < 4.78 is 20.2. The molecule has 0 bridgehead atoms. The van der Waals surface area contributed by atoms with Gasteiger partial charge in [-0.2, -0.15) is 0 Å². The van der Waals surface area contributed by atoms with Gasteiger partial charge in [-0.05, 0) is 20.4 Å². The van der Waals surface area contributed by atoms with Gasteiger partial charge in [-0.25, -0.2) is 15.0 Å². The molecule has 4 atom stereocenters. The zero-order valence-corrected chi connectivity index (χ0v) is 14.0. The third-order valence-corrected chi connectivity index (χ3v) is 4.38. The first-order chi connectivity index (χ1) is 11.5. The number of rotatable bonds is 4. The lowest BCUT2D eigenvalue weighted by molar-refractivity contribution is -0.195. The Balaban J connectivity index is 1.70. The van der Waals surface area contributed by atoms with Crippen molar-refractivity contribution < 1.29 is 14.2 Å². The number of nitrogens with two attached hydrogens (primary N) is 1. The maximum atomic E-state index is 6.23. The Bertz CT molecular complexity index is 748. The summed E-state index contributed by atoms with van der Waals surface area (Å²) in [5, 5.41) is 3.31. The minimum absolute atomic E-state index is 0.113. The highest BCUT2D eigenvalue weighted by Gasteiger charge is 2.55. The van der Waals surface area contributed by atoms with Gasteiger partial charge in [0.25, 0.3) is 0 Å². The Kier molecular flexibility index (Phi) is 3.68. The fourth-order valence-corrected chi connectivity index (χ4v) is 3.39. The van der Waals surface area contributed by atoms with E-state index in [2.05, 4.69) is 27.2 Å². The second-order valence-corrected chi connectivity index (χ2v) is 6.52. The summed E-state index contributed by atoms with van der Waals surface area (Å²) in [4.78, 5) is 12.6. The first-order valence-corrected chi connectivity index (χ1v) is 8.15. The van der Waals surface area contributed by atoms with Crippen LogP contribution in [0.25, 0.3) is 11.2 Å². The lowest BCUT2D eigenvalue weighted by Gasteiger charge is -2.24. The first kappa shape index (κ1) is 15.7. The van der Waals surface area contributed by atoms with Crippen LogP contribution in [0.3, 0.4) is 0 Å². The molecule has 2 aliphatic heterocycles. The summed E-state index contributed by atoms with van der Waals surface area (Å²) in [6, 6.07) is 0. The Hall–Kier alpha value is -1.81. The van der Waals surface area contributed by atoms with Crippen LogP contribution in [0.1, 0.15) is 27.0 Å². The third kappa shape index (κ3) is 2.44. The third-order valence-electron chi connectivity index (χ3n) is 4.38. The molecule has 0 saturated carbocycles. The number of nitrogen functional groups attached to an aromatic ring is 1. The van der Waals surface area contributed by atoms with E-state index in [0.717, 1.165) is 6.54 Å². The molecule has 4 unspecified atom stereocenters. The van der Waals surface area contributed by atoms with Gasteiger partial charge in [-0.3, -0.25) is 4.57 Å². The van der Waals surface area contributed by atoms with Crippen molar-refractivity contribution in [2.45, 2.75) is 51.1 Å². The molecule has 3 N–H and O–H groups in total. The molecule has 2 aromatic rings. The van der Waals surface area contributed by atoms with E-state index < -0.39 is 5.79 Å². The molecule has 0 radical (unpaired) electrons. The number of nitrogens with zero attached hydrogens (tertiary/aromatic N) is 4. The highest BCUT2D eigenvalue weighted by atomic mass is 16.8. The van der Waals surface area contributed by atoms with Crippen molar-refractivity contribution in [3.8, 4) is 0 Å². The van der Waals surface area contributed by atoms with Gasteiger partial charge >= 0.3 is 0 Å². The molecule has 2 aromatic heterocycles. The van der Waals surface area contributed by atoms with Gasteiger partial charge in [0.05, 0.1) is 6.33 Å². The minimum Gasteiger partial charge on any atom is -0.382 e. The lowest BCUT2D eigenvalue weighted by atomic mass is 10.1. The van der Waals surface area contributed by atoms with Crippen molar-refractivity contribution in [2.24, 2.45) is 0 Å². The molecule has 0 aliphatic carbocycles. The second-order valence-electron chi connectivity index (χ2n) is 6.52. The van der Waals surface area contributed by atoms with Crippen LogP contribution < -0.4 is 11.1 Å². The molecule has 4 rings (SSSR count). The van der Waals surface area contributed by atoms with E-state index in [1.54, 1.807) is 6.33 Å². The monoisotopic (exact) mass is 334 g/mol. The van der Waals surface area contributed by atoms with Gasteiger partial charge in [0.1, 0.15) is 30.2 Å². The van der Waals surface area contributed by atoms with E-state index in [4.69, 9.17) is 19.9 Å². The number of nitrogens with one attached hydrogen (secondary N) is 1. The van der Waals surface area contributed by atoms with Crippen molar-refractivity contribution >= 4 is 17.0 Å². The Morgan fingerprint density at radius 3 is 2.83 bits per heavy atom. The quantitative estimate of drug-likeness (QED) is 0.829. The minimum atomic E-state index is -0.647. The van der Waals surface area contributed by atoms with Crippen LogP contribution in [0.2, 0.25) is 0 Å². The molecular weight excluding hydrogens is 312 g/mol. The molecule has 24 heavy (non-hydrogen) atoms. The van der Waals surface area contributed by atoms with Gasteiger partial charge < -0.3 is 25.3 Å². The molecule has 0 amide bonds. The predicted octanol–water partition coefficient (Wildman–Crippen LogP) is 0.436. The van der Waals surface area contributed by atoms with Crippen LogP contribution >= 0.6 is 0 Å². The Morgan fingerprint density at radius 1 is 1.25 bits per heavy atom. The molecule has 4 heterocycles. The van der Waals surface area contributed by atoms with Crippen molar-refractivity contribution in [2.75, 3.05) is 18.8 Å². The average molecular weight is 334 g/mol. The Morgan fingerprint density at radius 2 is 2.04 bits per heavy atom. The zero-order valence-electron chi connectivity index (χ0n) is 14.0. The number of hydrogen-bond donors (Lipinski definition) is 2. The van der Waals surface area contributed by atoms with Crippen molar-refractivity contribution in [3.63, 3.8) is 0 Å². The fourth-order valence-electron chi connectivity index (χ4n) is 3.39. The first-order valence-electron chi connectivity index (χ1n) is 8.15. The summed E-state index contributed by atoms with van der Waals surface area (Å²) in [5.74, 6) is -0.298. The summed E-state index contributed by atoms with van der Waals surface area (Å²) in [5.41, 5.74) is 7.07. The standard InChI is InChI=1S/C15H22N6O3/c1-4-17-5-8-10-11(24-15(2,3)23-10)14(22-8)21-7-20-9-12(16)18-6-19-13(9)21/h6-8,10-11,14,17H,4-5H2,1-3H3,(H2,16,18,19). The number of hydrogen-bond acceptors (Lipinski definition) is 8. The number of aromatic nitrogens is 4. The highest BCUT2D eigenvalue weighted by molar-refractivity contribution is 5.81. The molecule has 9 heteroatoms. The van der Waals surface area contributed by atoms with Crippen LogP contribution in [0, 0.1) is 0 Å². The fraction of sp³-hybridized carbons (Fsp3) is 0.667. The number of ether oxygens (including phenoxy) is 3. The van der Waals surface area contributed by atoms with E-state index in [1.165, 1.54) is 6.33 Å². The summed E-state index contributed by atoms with van der Waals surface area (Å²) >= 11 is 0. The number of imidazole rings is 1. The second kappa shape index (κ2) is 5.62. The zero-order chi connectivity index (χ0) is 16.9. The van der Waals surface area contributed by atoms with Gasteiger partial charge in [0, 0.05) is 6.54 Å². The molecule has 2 saturated heterocycles. The SMILES string of the molecule is CCNCC1OC(n2cnc3c(N)ncnc32)C2OC(C)(C)OC12. The van der Waals surface area contributed by atoms with Crippen LogP contribution in [0.15, 0.2) is 12.7 Å². The van der Waals surface area contributed by atoms with E-state index in [9.17, 15) is 0 Å². The summed E-state index contributed by atoms with van der Waals surface area (Å²) in [6.45, 7) is 7.45. The van der Waals surface area contributed by atoms with Crippen LogP contribution in [-0.4, -0.2) is 56.7 Å². The molecule has 2 fully saturated rings. The van der Waals surface area contributed by atoms with Gasteiger partial charge in [-0.15, -0.1) is 0 Å². The molecular formula is C15H22N6O3. The summed E-state index contributed by atoms with van der Waals surface area (Å²) in [6.07, 6.45) is 2.21. The van der Waals surface area contributed by atoms with Gasteiger partial charge in [0.15, 0.2) is 23.5 Å². The van der Waals surface area contributed by atoms with Crippen LogP contribution in [0.4, 0.5) is 5.82 Å². The average Bonchev–Trinajstić information content (AvgIpc) is 3.17. The van der Waals surface area contributed by atoms with E-state index >= 15 is 0 Å². The van der Waals surface area contributed by atoms with Gasteiger partial charge in [-0.1, -0.05) is 6.92 Å². The topological polar surface area (TPSA) is 109 Å². The highest BCUT2D eigenvalue weighted by Crippen LogP contribution is 2.43. The lowest BCUT2D eigenvalue weighted by Crippen LogP contribution is -2.37. The number of likely N-dealkylation sites (N-methyl/N-ethyl adjacent to an activating group) is 1. The largest absolute Gasteiger partial charge is 0.382 e. The van der Waals surface area contributed by atoms with Crippen molar-refractivity contribution in [1.82, 2.24) is 24.8 Å². The molecule has 2 aliphatic rings. The summed E-state index contributed by atoms with van der Waals surface area (Å²) in [7, 11) is 0. The van der Waals surface area contributed by atoms with Crippen molar-refractivity contribution in [3.05, 3.63) is 12.7 Å².